The number of aryl methyl sites for hydroxylation is 2. The zero-order chi connectivity index (χ0) is 21.5. The van der Waals surface area contributed by atoms with Crippen LogP contribution in [0.1, 0.15) is 75.0 Å². The topological polar surface area (TPSA) is 80.9 Å². The number of hydrogen-bond acceptors (Lipinski definition) is 4. The van der Waals surface area contributed by atoms with Gasteiger partial charge >= 0.3 is 0 Å². The number of piperidine rings is 1. The lowest BCUT2D eigenvalue weighted by molar-refractivity contribution is -0.931. The summed E-state index contributed by atoms with van der Waals surface area (Å²) in [7, 11) is 0. The molecular weight excluding hydrogens is 376 g/mol. The van der Waals surface area contributed by atoms with E-state index in [4.69, 9.17) is 0 Å². The number of aromatic amines is 1. The first-order valence-electron chi connectivity index (χ1n) is 11.1. The summed E-state index contributed by atoms with van der Waals surface area (Å²) >= 11 is 0. The van der Waals surface area contributed by atoms with Crippen molar-refractivity contribution in [2.75, 3.05) is 13.1 Å². The normalized spacial score (nSPS) is 16.8. The summed E-state index contributed by atoms with van der Waals surface area (Å²) in [6.45, 7) is 12.6. The first-order valence-corrected chi connectivity index (χ1v) is 11.1. The lowest BCUT2D eigenvalue weighted by atomic mass is 9.97. The van der Waals surface area contributed by atoms with E-state index in [-0.39, 0.29) is 17.1 Å². The fourth-order valence-electron chi connectivity index (χ4n) is 4.71. The average Bonchev–Trinajstić information content (AvgIpc) is 3.20. The number of benzene rings is 1. The summed E-state index contributed by atoms with van der Waals surface area (Å²) in [5.74, 6) is 0.785. The average molecular weight is 410 g/mol. The maximum absolute atomic E-state index is 13.3. The minimum atomic E-state index is -0.219. The third-order valence-corrected chi connectivity index (χ3v) is 6.73. The molecule has 0 spiro atoms. The Morgan fingerprint density at radius 3 is 2.60 bits per heavy atom. The highest BCUT2D eigenvalue weighted by Gasteiger charge is 2.37. The van der Waals surface area contributed by atoms with E-state index in [0.29, 0.717) is 0 Å². The Hall–Kier alpha value is -2.54. The highest BCUT2D eigenvalue weighted by Crippen LogP contribution is 2.26. The van der Waals surface area contributed by atoms with Crippen molar-refractivity contribution in [3.63, 3.8) is 0 Å². The number of hydrogen-bond donors (Lipinski definition) is 2. The Morgan fingerprint density at radius 1 is 1.17 bits per heavy atom. The van der Waals surface area contributed by atoms with Crippen LogP contribution in [0.15, 0.2) is 23.0 Å². The van der Waals surface area contributed by atoms with Crippen molar-refractivity contribution in [3.8, 4) is 0 Å². The molecule has 7 nitrogen and oxygen atoms in total. The Morgan fingerprint density at radius 2 is 1.90 bits per heavy atom. The van der Waals surface area contributed by atoms with Crippen LogP contribution in [-0.2, 0) is 5.54 Å². The molecule has 1 aromatic carbocycles. The summed E-state index contributed by atoms with van der Waals surface area (Å²) in [5.41, 5.74) is 3.69. The van der Waals surface area contributed by atoms with Gasteiger partial charge in [-0.25, -0.2) is 4.68 Å². The molecule has 1 aliphatic heterocycles. The number of H-pyrrole nitrogens is 1. The van der Waals surface area contributed by atoms with Crippen molar-refractivity contribution >= 4 is 10.9 Å². The van der Waals surface area contributed by atoms with Crippen LogP contribution in [0.2, 0.25) is 0 Å². The van der Waals surface area contributed by atoms with Gasteiger partial charge in [0, 0.05) is 0 Å². The molecule has 3 heterocycles. The quantitative estimate of drug-likeness (QED) is 0.678. The Bertz CT molecular complexity index is 1110. The van der Waals surface area contributed by atoms with Crippen LogP contribution in [0.4, 0.5) is 0 Å². The van der Waals surface area contributed by atoms with Gasteiger partial charge in [-0.15, -0.1) is 5.10 Å². The van der Waals surface area contributed by atoms with Gasteiger partial charge in [-0.1, -0.05) is 18.6 Å². The molecule has 2 aromatic heterocycles. The predicted octanol–water partition coefficient (Wildman–Crippen LogP) is 2.43. The molecule has 7 heteroatoms. The third-order valence-electron chi connectivity index (χ3n) is 6.73. The molecule has 0 radical (unpaired) electrons. The second kappa shape index (κ2) is 7.95. The fraction of sp³-hybridized carbons (Fsp3) is 0.565. The number of fused-ring (bicyclic) bond motifs is 1. The highest BCUT2D eigenvalue weighted by atomic mass is 16.1. The van der Waals surface area contributed by atoms with E-state index >= 15 is 0 Å². The number of aromatic nitrogens is 5. The number of pyridine rings is 1. The molecule has 0 amide bonds. The second-order valence-electron chi connectivity index (χ2n) is 9.37. The van der Waals surface area contributed by atoms with Gasteiger partial charge in [0.1, 0.15) is 0 Å². The van der Waals surface area contributed by atoms with Gasteiger partial charge in [0.2, 0.25) is 5.82 Å². The zero-order valence-electron chi connectivity index (χ0n) is 18.7. The monoisotopic (exact) mass is 409 g/mol. The number of quaternary nitrogens is 1. The first-order chi connectivity index (χ1) is 14.3. The first kappa shape index (κ1) is 20.7. The summed E-state index contributed by atoms with van der Waals surface area (Å²) in [6, 6.07) is 6.14. The van der Waals surface area contributed by atoms with Gasteiger partial charge in [-0.3, -0.25) is 4.79 Å². The van der Waals surface area contributed by atoms with E-state index in [1.54, 1.807) is 0 Å². The van der Waals surface area contributed by atoms with Crippen molar-refractivity contribution in [2.24, 2.45) is 0 Å². The number of nitrogens with one attached hydrogen (secondary N) is 2. The zero-order valence-corrected chi connectivity index (χ0v) is 18.7. The molecule has 0 unspecified atom stereocenters. The van der Waals surface area contributed by atoms with E-state index in [9.17, 15) is 4.79 Å². The number of likely N-dealkylation sites (tertiary alicyclic amines) is 1. The van der Waals surface area contributed by atoms with Crippen molar-refractivity contribution in [1.82, 2.24) is 25.2 Å². The van der Waals surface area contributed by atoms with Crippen LogP contribution >= 0.6 is 0 Å². The Balaban J connectivity index is 1.93. The largest absolute Gasteiger partial charge is 0.322 e. The molecule has 0 bridgehead atoms. The molecule has 1 atom stereocenters. The Kier molecular flexibility index (Phi) is 5.49. The minimum absolute atomic E-state index is 0.0404. The van der Waals surface area contributed by atoms with Crippen LogP contribution in [0.3, 0.4) is 0 Å². The molecule has 1 saturated heterocycles. The van der Waals surface area contributed by atoms with E-state index < -0.39 is 0 Å². The predicted molar refractivity (Wildman–Crippen MR) is 118 cm³/mol. The fourth-order valence-corrected chi connectivity index (χ4v) is 4.71. The van der Waals surface area contributed by atoms with Crippen LogP contribution in [0.25, 0.3) is 10.9 Å². The van der Waals surface area contributed by atoms with Crippen LogP contribution < -0.4 is 10.5 Å². The molecule has 3 aromatic rings. The van der Waals surface area contributed by atoms with Gasteiger partial charge in [-0.05, 0) is 86.9 Å². The van der Waals surface area contributed by atoms with Crippen molar-refractivity contribution in [2.45, 2.75) is 71.9 Å². The van der Waals surface area contributed by atoms with Gasteiger partial charge in [0.05, 0.1) is 29.7 Å². The lowest BCUT2D eigenvalue weighted by Gasteiger charge is -2.33. The molecule has 1 fully saturated rings. The molecule has 0 saturated carbocycles. The van der Waals surface area contributed by atoms with Crippen molar-refractivity contribution < 1.29 is 4.90 Å². The van der Waals surface area contributed by atoms with E-state index in [0.717, 1.165) is 60.2 Å². The number of nitrogens with zero attached hydrogens (tertiary/aromatic N) is 4. The minimum Gasteiger partial charge on any atom is -0.322 e. The van der Waals surface area contributed by atoms with Crippen LogP contribution in [0, 0.1) is 13.8 Å². The van der Waals surface area contributed by atoms with Gasteiger partial charge in [0.25, 0.3) is 5.56 Å². The standard InChI is InChI=1S/C23H32N6O/c1-6-23(4,5)29-21(25-26-27-29)20(28-10-8-7-9-11-28)18-14-17-13-15(2)12-16(3)19(17)24-22(18)30/h12-14,20H,6-11H2,1-5H3,(H,24,30)/p+1/t20-/m1/s1. The summed E-state index contributed by atoms with van der Waals surface area (Å²) in [4.78, 5) is 17.9. The van der Waals surface area contributed by atoms with Gasteiger partial charge in [0.15, 0.2) is 6.04 Å². The van der Waals surface area contributed by atoms with E-state index in [1.807, 2.05) is 11.6 Å². The number of tetrazole rings is 1. The highest BCUT2D eigenvalue weighted by molar-refractivity contribution is 5.83. The Labute approximate surface area is 177 Å². The SMILES string of the molecule is CCC(C)(C)n1nnnc1[C@@H](c1cc2cc(C)cc(C)c2[nH]c1=O)[NH+]1CCCCC1. The molecule has 160 valence electrons. The smallest absolute Gasteiger partial charge is 0.258 e. The molecule has 2 N–H and O–H groups in total. The van der Waals surface area contributed by atoms with Crippen molar-refractivity contribution in [3.05, 3.63) is 51.1 Å². The maximum Gasteiger partial charge on any atom is 0.258 e. The third kappa shape index (κ3) is 3.67. The van der Waals surface area contributed by atoms with Gasteiger partial charge in [-0.2, -0.15) is 0 Å². The molecular formula is C23H33N6O+. The lowest BCUT2D eigenvalue weighted by Crippen LogP contribution is -3.13. The molecule has 4 rings (SSSR count). The maximum atomic E-state index is 13.3. The summed E-state index contributed by atoms with van der Waals surface area (Å²) < 4.78 is 1.93. The van der Waals surface area contributed by atoms with E-state index in [2.05, 4.69) is 66.4 Å². The summed E-state index contributed by atoms with van der Waals surface area (Å²) in [5, 5.41) is 13.9. The van der Waals surface area contributed by atoms with Crippen molar-refractivity contribution in [1.29, 1.82) is 0 Å². The van der Waals surface area contributed by atoms with Crippen LogP contribution in [0.5, 0.6) is 0 Å². The second-order valence-corrected chi connectivity index (χ2v) is 9.37. The number of rotatable bonds is 5. The molecule has 1 aliphatic rings. The van der Waals surface area contributed by atoms with Gasteiger partial charge < -0.3 is 9.88 Å². The van der Waals surface area contributed by atoms with E-state index in [1.165, 1.54) is 16.9 Å². The summed E-state index contributed by atoms with van der Waals surface area (Å²) in [6.07, 6.45) is 4.47. The van der Waals surface area contributed by atoms with Crippen LogP contribution in [-0.4, -0.2) is 38.3 Å². The molecule has 30 heavy (non-hydrogen) atoms. The molecule has 0 aliphatic carbocycles.